The molecule has 1 amide bonds. The smallest absolute Gasteiger partial charge is 0.241 e. The molecule has 1 saturated heterocycles. The van der Waals surface area contributed by atoms with Gasteiger partial charge in [-0.15, -0.1) is 11.3 Å². The first-order valence-electron chi connectivity index (χ1n) is 8.34. The van der Waals surface area contributed by atoms with Gasteiger partial charge in [0.1, 0.15) is 6.17 Å². The van der Waals surface area contributed by atoms with Crippen LogP contribution in [-0.2, 0) is 4.79 Å². The molecule has 2 heterocycles. The highest BCUT2D eigenvalue weighted by molar-refractivity contribution is 7.10. The zero-order valence-corrected chi connectivity index (χ0v) is 13.9. The third-order valence-electron chi connectivity index (χ3n) is 5.02. The van der Waals surface area contributed by atoms with E-state index in [-0.39, 0.29) is 12.2 Å². The molecule has 1 aliphatic carbocycles. The molecule has 1 saturated carbocycles. The van der Waals surface area contributed by atoms with Gasteiger partial charge in [0, 0.05) is 10.9 Å². The van der Waals surface area contributed by atoms with Gasteiger partial charge >= 0.3 is 0 Å². The number of amides is 1. The Bertz CT molecular complexity index is 473. The third-order valence-corrected chi connectivity index (χ3v) is 5.95. The first-order chi connectivity index (χ1) is 10.2. The summed E-state index contributed by atoms with van der Waals surface area (Å²) in [5.41, 5.74) is 0. The molecule has 2 fully saturated rings. The lowest BCUT2D eigenvalue weighted by Crippen LogP contribution is -2.41. The predicted octanol–water partition coefficient (Wildman–Crippen LogP) is 3.93. The minimum Gasteiger partial charge on any atom is -0.317 e. The van der Waals surface area contributed by atoms with E-state index in [2.05, 4.69) is 41.6 Å². The lowest BCUT2D eigenvalue weighted by molar-refractivity contribution is -0.133. The van der Waals surface area contributed by atoms with Crippen molar-refractivity contribution in [2.24, 2.45) is 5.92 Å². The summed E-state index contributed by atoms with van der Waals surface area (Å²) in [5, 5.41) is 5.72. The number of unbranched alkanes of at least 4 members (excludes halogenated alkanes) is 1. The van der Waals surface area contributed by atoms with Crippen LogP contribution in [0, 0.1) is 5.92 Å². The molecule has 3 rings (SSSR count). The molecule has 0 spiro atoms. The highest BCUT2D eigenvalue weighted by Gasteiger charge is 2.45. The van der Waals surface area contributed by atoms with E-state index in [0.717, 1.165) is 25.7 Å². The second kappa shape index (κ2) is 6.49. The molecule has 4 heteroatoms. The minimum absolute atomic E-state index is 0.0184. The van der Waals surface area contributed by atoms with Gasteiger partial charge in [-0.2, -0.15) is 0 Å². The average molecular weight is 306 g/mol. The van der Waals surface area contributed by atoms with Crippen LogP contribution in [0.1, 0.15) is 63.4 Å². The molecule has 3 nitrogen and oxygen atoms in total. The number of nitrogens with zero attached hydrogens (tertiary/aromatic N) is 1. The molecule has 4 unspecified atom stereocenters. The van der Waals surface area contributed by atoms with Crippen LogP contribution in [0.25, 0.3) is 0 Å². The molecular formula is C17H26N2OS. The third kappa shape index (κ3) is 2.88. The maximum atomic E-state index is 12.9. The van der Waals surface area contributed by atoms with E-state index in [4.69, 9.17) is 0 Å². The molecule has 1 aromatic heterocycles. The summed E-state index contributed by atoms with van der Waals surface area (Å²) < 4.78 is 0. The van der Waals surface area contributed by atoms with E-state index in [1.807, 2.05) is 0 Å². The van der Waals surface area contributed by atoms with E-state index in [9.17, 15) is 4.79 Å². The Morgan fingerprint density at radius 2 is 2.29 bits per heavy atom. The number of rotatable bonds is 5. The maximum Gasteiger partial charge on any atom is 0.241 e. The second-order valence-corrected chi connectivity index (χ2v) is 7.48. The van der Waals surface area contributed by atoms with Crippen LogP contribution in [-0.4, -0.2) is 22.9 Å². The molecule has 1 N–H and O–H groups in total. The van der Waals surface area contributed by atoms with Gasteiger partial charge in [-0.1, -0.05) is 39.2 Å². The molecule has 116 valence electrons. The fraction of sp³-hybridized carbons (Fsp3) is 0.706. The molecule has 2 aliphatic rings. The van der Waals surface area contributed by atoms with Crippen molar-refractivity contribution in [2.45, 2.75) is 70.6 Å². The molecule has 0 radical (unpaired) electrons. The number of hydrogen-bond donors (Lipinski definition) is 1. The largest absolute Gasteiger partial charge is 0.317 e. The Hall–Kier alpha value is -0.870. The van der Waals surface area contributed by atoms with Crippen LogP contribution < -0.4 is 5.32 Å². The summed E-state index contributed by atoms with van der Waals surface area (Å²) >= 11 is 1.76. The fourth-order valence-corrected chi connectivity index (χ4v) is 4.61. The summed E-state index contributed by atoms with van der Waals surface area (Å²) in [7, 11) is 0. The summed E-state index contributed by atoms with van der Waals surface area (Å²) in [4.78, 5) is 16.4. The Morgan fingerprint density at radius 3 is 2.90 bits per heavy atom. The number of thiophene rings is 1. The van der Waals surface area contributed by atoms with Crippen molar-refractivity contribution in [2.75, 3.05) is 0 Å². The summed E-state index contributed by atoms with van der Waals surface area (Å²) in [6.07, 6.45) is 7.01. The van der Waals surface area contributed by atoms with Gasteiger partial charge in [0.25, 0.3) is 0 Å². The SMILES string of the molecule is CCCCC1NC(c2cccs2)N(C2CCCC2C)C1=O. The van der Waals surface area contributed by atoms with Gasteiger partial charge in [0.2, 0.25) is 5.91 Å². The summed E-state index contributed by atoms with van der Waals surface area (Å²) in [6, 6.07) is 4.68. The molecule has 4 atom stereocenters. The van der Waals surface area contributed by atoms with E-state index in [1.54, 1.807) is 11.3 Å². The Morgan fingerprint density at radius 1 is 1.43 bits per heavy atom. The van der Waals surface area contributed by atoms with Crippen LogP contribution in [0.4, 0.5) is 0 Å². The van der Waals surface area contributed by atoms with Gasteiger partial charge in [-0.25, -0.2) is 0 Å². The summed E-state index contributed by atoms with van der Waals surface area (Å²) in [6.45, 7) is 4.49. The number of carbonyl (C=O) groups excluding carboxylic acids is 1. The summed E-state index contributed by atoms with van der Waals surface area (Å²) in [5.74, 6) is 0.962. The van der Waals surface area contributed by atoms with Crippen molar-refractivity contribution >= 4 is 17.2 Å². The molecule has 1 aliphatic heterocycles. The second-order valence-electron chi connectivity index (χ2n) is 6.50. The van der Waals surface area contributed by atoms with Crippen LogP contribution in [0.15, 0.2) is 17.5 Å². The molecular weight excluding hydrogens is 280 g/mol. The fourth-order valence-electron chi connectivity index (χ4n) is 3.82. The van der Waals surface area contributed by atoms with Crippen molar-refractivity contribution in [3.05, 3.63) is 22.4 Å². The normalized spacial score (nSPS) is 33.0. The number of hydrogen-bond acceptors (Lipinski definition) is 3. The molecule has 0 bridgehead atoms. The zero-order chi connectivity index (χ0) is 14.8. The minimum atomic E-state index is 0.0184. The first kappa shape index (κ1) is 15.0. The lowest BCUT2D eigenvalue weighted by atomic mass is 10.0. The number of nitrogens with one attached hydrogen (secondary N) is 1. The van der Waals surface area contributed by atoms with Crippen LogP contribution >= 0.6 is 11.3 Å². The van der Waals surface area contributed by atoms with E-state index < -0.39 is 0 Å². The van der Waals surface area contributed by atoms with E-state index in [0.29, 0.717) is 17.9 Å². The van der Waals surface area contributed by atoms with E-state index in [1.165, 1.54) is 17.7 Å². The monoisotopic (exact) mass is 306 g/mol. The molecule has 0 aromatic carbocycles. The Balaban J connectivity index is 1.83. The topological polar surface area (TPSA) is 32.3 Å². The predicted molar refractivity (Wildman–Crippen MR) is 87.2 cm³/mol. The number of carbonyl (C=O) groups is 1. The first-order valence-corrected chi connectivity index (χ1v) is 9.22. The molecule has 1 aromatic rings. The van der Waals surface area contributed by atoms with Crippen molar-refractivity contribution in [3.63, 3.8) is 0 Å². The maximum absolute atomic E-state index is 12.9. The zero-order valence-electron chi connectivity index (χ0n) is 13.0. The molecule has 21 heavy (non-hydrogen) atoms. The van der Waals surface area contributed by atoms with Gasteiger partial charge in [-0.05, 0) is 36.6 Å². The van der Waals surface area contributed by atoms with Crippen molar-refractivity contribution in [1.29, 1.82) is 0 Å². The van der Waals surface area contributed by atoms with Gasteiger partial charge < -0.3 is 4.90 Å². The average Bonchev–Trinajstić information content (AvgIpc) is 3.18. The van der Waals surface area contributed by atoms with Crippen LogP contribution in [0.3, 0.4) is 0 Å². The van der Waals surface area contributed by atoms with Crippen molar-refractivity contribution in [3.8, 4) is 0 Å². The van der Waals surface area contributed by atoms with Crippen molar-refractivity contribution in [1.82, 2.24) is 10.2 Å². The Labute approximate surface area is 131 Å². The van der Waals surface area contributed by atoms with Crippen LogP contribution in [0.2, 0.25) is 0 Å². The van der Waals surface area contributed by atoms with Crippen LogP contribution in [0.5, 0.6) is 0 Å². The lowest BCUT2D eigenvalue weighted by Gasteiger charge is -2.32. The highest BCUT2D eigenvalue weighted by Crippen LogP contribution is 2.39. The van der Waals surface area contributed by atoms with Gasteiger partial charge in [0.15, 0.2) is 0 Å². The standard InChI is InChI=1S/C17H26N2OS/c1-3-4-8-13-17(20)19(14-9-5-7-12(14)2)16(18-13)15-10-6-11-21-15/h6,10-14,16,18H,3-5,7-9H2,1-2H3. The quantitative estimate of drug-likeness (QED) is 0.894. The van der Waals surface area contributed by atoms with Gasteiger partial charge in [0.05, 0.1) is 6.04 Å². The highest BCUT2D eigenvalue weighted by atomic mass is 32.1. The Kier molecular flexibility index (Phi) is 4.65. The van der Waals surface area contributed by atoms with Crippen molar-refractivity contribution < 1.29 is 4.79 Å². The van der Waals surface area contributed by atoms with Gasteiger partial charge in [-0.3, -0.25) is 10.1 Å². The van der Waals surface area contributed by atoms with E-state index >= 15 is 0 Å².